The third-order valence-electron chi connectivity index (χ3n) is 4.76. The molecule has 2 N–H and O–H groups in total. The van der Waals surface area contributed by atoms with Crippen LogP contribution >= 0.6 is 0 Å². The van der Waals surface area contributed by atoms with Crippen molar-refractivity contribution in [2.75, 3.05) is 6.54 Å². The van der Waals surface area contributed by atoms with E-state index in [0.29, 0.717) is 17.5 Å². The van der Waals surface area contributed by atoms with Crippen molar-refractivity contribution < 1.29 is 9.53 Å². The first-order valence-corrected chi connectivity index (χ1v) is 8.10. The number of alkyl carbamates (subject to hydrolysis) is 1. The second kappa shape index (κ2) is 5.92. The third kappa shape index (κ3) is 3.27. The van der Waals surface area contributed by atoms with Crippen molar-refractivity contribution >= 4 is 6.09 Å². The van der Waals surface area contributed by atoms with Crippen LogP contribution in [0.1, 0.15) is 66.2 Å². The maximum atomic E-state index is 11.9. The maximum absolute atomic E-state index is 11.9. The van der Waals surface area contributed by atoms with Crippen LogP contribution in [-0.2, 0) is 4.74 Å². The average molecular weight is 282 g/mol. The predicted octanol–water partition coefficient (Wildman–Crippen LogP) is 3.21. The molecule has 0 saturated heterocycles. The molecule has 4 nitrogen and oxygen atoms in total. The molecule has 2 aliphatic carbocycles. The summed E-state index contributed by atoms with van der Waals surface area (Å²) in [6.45, 7) is 9.03. The third-order valence-corrected chi connectivity index (χ3v) is 4.76. The van der Waals surface area contributed by atoms with Gasteiger partial charge in [-0.1, -0.05) is 19.8 Å². The average Bonchev–Trinajstić information content (AvgIpc) is 2.21. The van der Waals surface area contributed by atoms with Crippen LogP contribution in [0.3, 0.4) is 0 Å². The highest BCUT2D eigenvalue weighted by Gasteiger charge is 2.58. The molecule has 1 amide bonds. The summed E-state index contributed by atoms with van der Waals surface area (Å²) in [5.41, 5.74) is -0.107. The first kappa shape index (κ1) is 15.6. The number of rotatable bonds is 5. The van der Waals surface area contributed by atoms with Gasteiger partial charge in [0.2, 0.25) is 0 Å². The van der Waals surface area contributed by atoms with Crippen LogP contribution in [0.2, 0.25) is 0 Å². The van der Waals surface area contributed by atoms with Gasteiger partial charge in [0.25, 0.3) is 0 Å². The highest BCUT2D eigenvalue weighted by Crippen LogP contribution is 2.56. The number of amides is 1. The Bertz CT molecular complexity index is 345. The second-order valence-electron chi connectivity index (χ2n) is 7.38. The van der Waals surface area contributed by atoms with Crippen LogP contribution in [0.5, 0.6) is 0 Å². The van der Waals surface area contributed by atoms with E-state index in [-0.39, 0.29) is 6.09 Å². The maximum Gasteiger partial charge on any atom is 0.407 e. The summed E-state index contributed by atoms with van der Waals surface area (Å²) in [5.74, 6) is 0. The molecule has 2 saturated carbocycles. The summed E-state index contributed by atoms with van der Waals surface area (Å²) < 4.78 is 5.37. The van der Waals surface area contributed by atoms with E-state index in [1.807, 2.05) is 20.8 Å². The monoisotopic (exact) mass is 282 g/mol. The van der Waals surface area contributed by atoms with Gasteiger partial charge in [-0.05, 0) is 53.0 Å². The van der Waals surface area contributed by atoms with Crippen LogP contribution in [0.25, 0.3) is 0 Å². The molecule has 1 spiro atoms. The molecule has 2 atom stereocenters. The molecular weight excluding hydrogens is 252 g/mol. The quantitative estimate of drug-likeness (QED) is 0.761. The number of hydrogen-bond donors (Lipinski definition) is 2. The van der Waals surface area contributed by atoms with Gasteiger partial charge in [0.15, 0.2) is 0 Å². The van der Waals surface area contributed by atoms with Gasteiger partial charge in [0.1, 0.15) is 5.60 Å². The molecule has 4 heteroatoms. The Hall–Kier alpha value is -0.770. The second-order valence-corrected chi connectivity index (χ2v) is 7.38. The van der Waals surface area contributed by atoms with Crippen LogP contribution in [0, 0.1) is 5.41 Å². The van der Waals surface area contributed by atoms with Gasteiger partial charge in [0, 0.05) is 17.5 Å². The summed E-state index contributed by atoms with van der Waals surface area (Å²) in [6, 6.07) is 0.882. The minimum Gasteiger partial charge on any atom is -0.444 e. The summed E-state index contributed by atoms with van der Waals surface area (Å²) >= 11 is 0. The molecule has 0 radical (unpaired) electrons. The summed E-state index contributed by atoms with van der Waals surface area (Å²) in [7, 11) is 0. The van der Waals surface area contributed by atoms with Crippen LogP contribution in [0.15, 0.2) is 0 Å². The molecule has 0 aromatic heterocycles. The molecule has 20 heavy (non-hydrogen) atoms. The van der Waals surface area contributed by atoms with Gasteiger partial charge in [-0.15, -0.1) is 0 Å². The Morgan fingerprint density at radius 1 is 1.30 bits per heavy atom. The van der Waals surface area contributed by atoms with Crippen molar-refractivity contribution in [2.45, 2.75) is 83.9 Å². The van der Waals surface area contributed by atoms with Gasteiger partial charge in [-0.25, -0.2) is 4.79 Å². The lowest BCUT2D eigenvalue weighted by atomic mass is 9.50. The van der Waals surface area contributed by atoms with Crippen LogP contribution in [0.4, 0.5) is 4.79 Å². The first-order chi connectivity index (χ1) is 9.37. The Kier molecular flexibility index (Phi) is 4.62. The van der Waals surface area contributed by atoms with Crippen molar-refractivity contribution in [3.8, 4) is 0 Å². The Labute approximate surface area is 123 Å². The lowest BCUT2D eigenvalue weighted by molar-refractivity contribution is -0.0612. The van der Waals surface area contributed by atoms with Gasteiger partial charge in [-0.3, -0.25) is 0 Å². The Morgan fingerprint density at radius 3 is 2.50 bits per heavy atom. The van der Waals surface area contributed by atoms with E-state index in [4.69, 9.17) is 4.74 Å². The van der Waals surface area contributed by atoms with Crippen molar-refractivity contribution in [1.29, 1.82) is 0 Å². The molecule has 0 heterocycles. The van der Waals surface area contributed by atoms with Crippen LogP contribution in [-0.4, -0.2) is 30.3 Å². The molecule has 2 aliphatic rings. The fourth-order valence-electron chi connectivity index (χ4n) is 3.46. The van der Waals surface area contributed by atoms with E-state index in [1.165, 1.54) is 32.1 Å². The smallest absolute Gasteiger partial charge is 0.407 e. The van der Waals surface area contributed by atoms with Gasteiger partial charge >= 0.3 is 6.09 Å². The molecule has 2 fully saturated rings. The Morgan fingerprint density at radius 2 is 2.00 bits per heavy atom. The Balaban J connectivity index is 1.81. The molecular formula is C16H30N2O2. The SMILES string of the molecule is CCCCNC1CC(NC(=O)OC(C)(C)C)C12CCC2. The molecule has 2 rings (SSSR count). The molecule has 0 bridgehead atoms. The molecule has 0 aromatic rings. The van der Waals surface area contributed by atoms with E-state index >= 15 is 0 Å². The normalized spacial score (nSPS) is 27.6. The number of unbranched alkanes of at least 4 members (excludes halogenated alkanes) is 1. The first-order valence-electron chi connectivity index (χ1n) is 8.10. The zero-order valence-electron chi connectivity index (χ0n) is 13.4. The molecule has 116 valence electrons. The molecule has 0 aliphatic heterocycles. The highest BCUT2D eigenvalue weighted by molar-refractivity contribution is 5.68. The lowest BCUT2D eigenvalue weighted by Crippen LogP contribution is -2.71. The fourth-order valence-corrected chi connectivity index (χ4v) is 3.46. The van der Waals surface area contributed by atoms with Crippen molar-refractivity contribution in [3.05, 3.63) is 0 Å². The van der Waals surface area contributed by atoms with Crippen LogP contribution < -0.4 is 10.6 Å². The predicted molar refractivity (Wildman–Crippen MR) is 80.8 cm³/mol. The number of ether oxygens (including phenoxy) is 1. The topological polar surface area (TPSA) is 50.4 Å². The van der Waals surface area contributed by atoms with Crippen molar-refractivity contribution in [1.82, 2.24) is 10.6 Å². The van der Waals surface area contributed by atoms with Crippen molar-refractivity contribution in [2.24, 2.45) is 5.41 Å². The highest BCUT2D eigenvalue weighted by atomic mass is 16.6. The standard InChI is InChI=1S/C16H30N2O2/c1-5-6-10-17-12-11-13(16(12)8-7-9-16)18-14(19)20-15(2,3)4/h12-13,17H,5-11H2,1-4H3,(H,18,19). The summed E-state index contributed by atoms with van der Waals surface area (Å²) in [5, 5.41) is 6.76. The molecule has 0 aromatic carbocycles. The minimum atomic E-state index is -0.417. The number of carbonyl (C=O) groups excluding carboxylic acids is 1. The van der Waals surface area contributed by atoms with Gasteiger partial charge in [0.05, 0.1) is 0 Å². The number of hydrogen-bond acceptors (Lipinski definition) is 3. The zero-order valence-corrected chi connectivity index (χ0v) is 13.4. The summed E-state index contributed by atoms with van der Waals surface area (Å²) in [6.07, 6.45) is 7.00. The van der Waals surface area contributed by atoms with E-state index in [2.05, 4.69) is 17.6 Å². The molecule has 2 unspecified atom stereocenters. The van der Waals surface area contributed by atoms with Gasteiger partial charge < -0.3 is 15.4 Å². The van der Waals surface area contributed by atoms with Gasteiger partial charge in [-0.2, -0.15) is 0 Å². The van der Waals surface area contributed by atoms with E-state index < -0.39 is 5.60 Å². The largest absolute Gasteiger partial charge is 0.444 e. The van der Waals surface area contributed by atoms with E-state index in [0.717, 1.165) is 13.0 Å². The van der Waals surface area contributed by atoms with Crippen molar-refractivity contribution in [3.63, 3.8) is 0 Å². The van der Waals surface area contributed by atoms with E-state index in [9.17, 15) is 4.79 Å². The minimum absolute atomic E-state index is 0.263. The fraction of sp³-hybridized carbons (Fsp3) is 0.938. The zero-order chi connectivity index (χ0) is 14.8. The van der Waals surface area contributed by atoms with E-state index in [1.54, 1.807) is 0 Å². The number of nitrogens with one attached hydrogen (secondary N) is 2. The lowest BCUT2D eigenvalue weighted by Gasteiger charge is -2.61. The summed E-state index contributed by atoms with van der Waals surface area (Å²) in [4.78, 5) is 11.9. The number of carbonyl (C=O) groups is 1.